The Hall–Kier alpha value is -2.64. The van der Waals surface area contributed by atoms with E-state index in [2.05, 4.69) is 4.98 Å². The Bertz CT molecular complexity index is 651. The first-order valence-corrected chi connectivity index (χ1v) is 8.82. The van der Waals surface area contributed by atoms with Crippen molar-refractivity contribution in [1.82, 2.24) is 14.8 Å². The molecule has 2 aliphatic rings. The summed E-state index contributed by atoms with van der Waals surface area (Å²) in [6.07, 6.45) is 2.51. The predicted octanol–water partition coefficient (Wildman–Crippen LogP) is 1.47. The summed E-state index contributed by atoms with van der Waals surface area (Å²) in [4.78, 5) is 42.5. The Kier molecular flexibility index (Phi) is 5.39. The van der Waals surface area contributed by atoms with Gasteiger partial charge in [-0.05, 0) is 25.0 Å². The smallest absolute Gasteiger partial charge is 0.410 e. The van der Waals surface area contributed by atoms with E-state index in [1.54, 1.807) is 11.1 Å². The molecule has 0 radical (unpaired) electrons. The molecule has 1 aromatic rings. The van der Waals surface area contributed by atoms with Gasteiger partial charge in [-0.15, -0.1) is 0 Å². The van der Waals surface area contributed by atoms with Crippen molar-refractivity contribution in [2.75, 3.05) is 19.6 Å². The molecule has 0 unspecified atom stereocenters. The number of hydrogen-bond donors (Lipinski definition) is 1. The van der Waals surface area contributed by atoms with Gasteiger partial charge >= 0.3 is 12.1 Å². The number of aromatic nitrogens is 1. The van der Waals surface area contributed by atoms with Crippen molar-refractivity contribution in [1.29, 1.82) is 0 Å². The van der Waals surface area contributed by atoms with Crippen molar-refractivity contribution in [3.63, 3.8) is 0 Å². The minimum Gasteiger partial charge on any atom is -0.480 e. The average molecular weight is 361 g/mol. The van der Waals surface area contributed by atoms with Crippen molar-refractivity contribution in [2.24, 2.45) is 0 Å². The number of pyridine rings is 1. The van der Waals surface area contributed by atoms with Crippen molar-refractivity contribution in [2.45, 2.75) is 44.2 Å². The van der Waals surface area contributed by atoms with Gasteiger partial charge in [0.2, 0.25) is 5.91 Å². The van der Waals surface area contributed by atoms with Crippen molar-refractivity contribution >= 4 is 18.0 Å². The molecular formula is C18H23N3O5. The second-order valence-electron chi connectivity index (χ2n) is 6.78. The molecule has 1 N–H and O–H groups in total. The lowest BCUT2D eigenvalue weighted by molar-refractivity contribution is -0.147. The van der Waals surface area contributed by atoms with Crippen LogP contribution in [-0.2, 0) is 14.3 Å². The average Bonchev–Trinajstić information content (AvgIpc) is 3.07. The monoisotopic (exact) mass is 361 g/mol. The van der Waals surface area contributed by atoms with Crippen LogP contribution < -0.4 is 0 Å². The fourth-order valence-electron chi connectivity index (χ4n) is 3.66. The number of carbonyl (C=O) groups is 3. The van der Waals surface area contributed by atoms with E-state index in [1.807, 2.05) is 18.2 Å². The molecule has 0 bridgehead atoms. The van der Waals surface area contributed by atoms with Crippen LogP contribution in [0, 0.1) is 0 Å². The third-order valence-electron chi connectivity index (χ3n) is 5.08. The molecule has 140 valence electrons. The molecule has 2 atom stereocenters. The summed E-state index contributed by atoms with van der Waals surface area (Å²) in [5.74, 6) is -1.07. The number of rotatable bonds is 3. The Balaban J connectivity index is 1.52. The van der Waals surface area contributed by atoms with Crippen LogP contribution in [0.1, 0.15) is 37.8 Å². The molecule has 8 nitrogen and oxygen atoms in total. The number of ether oxygens (including phenoxy) is 1. The van der Waals surface area contributed by atoms with Crippen LogP contribution in [0.15, 0.2) is 24.4 Å². The highest BCUT2D eigenvalue weighted by Crippen LogP contribution is 2.27. The first-order valence-electron chi connectivity index (χ1n) is 8.82. The summed E-state index contributed by atoms with van der Waals surface area (Å²) in [5.41, 5.74) is 1.04. The number of aliphatic carboxylic acids is 1. The zero-order chi connectivity index (χ0) is 18.7. The minimum absolute atomic E-state index is 0.127. The maximum atomic E-state index is 12.4. The molecule has 26 heavy (non-hydrogen) atoms. The summed E-state index contributed by atoms with van der Waals surface area (Å²) in [5, 5.41) is 9.22. The molecule has 0 saturated carbocycles. The van der Waals surface area contributed by atoms with Crippen LogP contribution in [0.4, 0.5) is 4.79 Å². The van der Waals surface area contributed by atoms with Crippen LogP contribution in [-0.4, -0.2) is 69.6 Å². The zero-order valence-corrected chi connectivity index (χ0v) is 14.7. The number of carbonyl (C=O) groups excluding carboxylic acids is 2. The second-order valence-corrected chi connectivity index (χ2v) is 6.78. The van der Waals surface area contributed by atoms with Crippen molar-refractivity contribution in [3.05, 3.63) is 30.1 Å². The third-order valence-corrected chi connectivity index (χ3v) is 5.08. The van der Waals surface area contributed by atoms with Crippen molar-refractivity contribution < 1.29 is 24.2 Å². The van der Waals surface area contributed by atoms with E-state index in [-0.39, 0.29) is 18.9 Å². The fraction of sp³-hybridized carbons (Fsp3) is 0.556. The molecule has 2 amide bonds. The van der Waals surface area contributed by atoms with E-state index < -0.39 is 24.2 Å². The minimum atomic E-state index is -1.07. The molecule has 0 aromatic carbocycles. The van der Waals surface area contributed by atoms with Gasteiger partial charge in [0.05, 0.1) is 6.54 Å². The second kappa shape index (κ2) is 7.72. The van der Waals surface area contributed by atoms with Gasteiger partial charge in [0.15, 0.2) is 0 Å². The van der Waals surface area contributed by atoms with Gasteiger partial charge in [-0.2, -0.15) is 0 Å². The lowest BCUT2D eigenvalue weighted by Crippen LogP contribution is -2.41. The maximum Gasteiger partial charge on any atom is 0.410 e. The Morgan fingerprint density at radius 2 is 1.96 bits per heavy atom. The Labute approximate surface area is 151 Å². The predicted molar refractivity (Wildman–Crippen MR) is 91.5 cm³/mol. The van der Waals surface area contributed by atoms with E-state index in [1.165, 1.54) is 11.8 Å². The van der Waals surface area contributed by atoms with E-state index in [4.69, 9.17) is 4.74 Å². The normalized spacial score (nSPS) is 23.7. The summed E-state index contributed by atoms with van der Waals surface area (Å²) in [7, 11) is 0. The van der Waals surface area contributed by atoms with Crippen LogP contribution in [0.5, 0.6) is 0 Å². The number of carboxylic acids is 1. The molecular weight excluding hydrogens is 338 g/mol. The maximum absolute atomic E-state index is 12.4. The Morgan fingerprint density at radius 1 is 1.23 bits per heavy atom. The van der Waals surface area contributed by atoms with Gasteiger partial charge in [0.25, 0.3) is 0 Å². The van der Waals surface area contributed by atoms with Gasteiger partial charge in [-0.25, -0.2) is 9.59 Å². The highest BCUT2D eigenvalue weighted by molar-refractivity contribution is 5.83. The molecule has 3 rings (SSSR count). The largest absolute Gasteiger partial charge is 0.480 e. The molecule has 8 heteroatoms. The lowest BCUT2D eigenvalue weighted by atomic mass is 9.93. The topological polar surface area (TPSA) is 100 Å². The number of likely N-dealkylation sites (tertiary alicyclic amines) is 2. The van der Waals surface area contributed by atoms with E-state index in [0.29, 0.717) is 19.0 Å². The molecule has 2 fully saturated rings. The van der Waals surface area contributed by atoms with Crippen LogP contribution in [0.2, 0.25) is 0 Å². The number of nitrogens with zero attached hydrogens (tertiary/aromatic N) is 3. The standard InChI is InChI=1S/C18H23N3O5/c1-12(22)21-11-14(10-16(21)17(23)24)26-18(25)20-8-5-13(6-9-20)15-4-2-3-7-19-15/h2-4,7,13-14,16H,5-6,8-11H2,1H3,(H,23,24)/t14-,16+/m1/s1. The Morgan fingerprint density at radius 3 is 2.50 bits per heavy atom. The molecule has 0 spiro atoms. The highest BCUT2D eigenvalue weighted by atomic mass is 16.6. The number of amides is 2. The summed E-state index contributed by atoms with van der Waals surface area (Å²) in [6, 6.07) is 4.91. The van der Waals surface area contributed by atoms with Crippen LogP contribution >= 0.6 is 0 Å². The van der Waals surface area contributed by atoms with Crippen LogP contribution in [0.25, 0.3) is 0 Å². The van der Waals surface area contributed by atoms with Gasteiger partial charge in [-0.1, -0.05) is 6.07 Å². The summed E-state index contributed by atoms with van der Waals surface area (Å²) in [6.45, 7) is 2.60. The lowest BCUT2D eigenvalue weighted by Gasteiger charge is -2.31. The SMILES string of the molecule is CC(=O)N1C[C@H](OC(=O)N2CCC(c3ccccn3)CC2)C[C@H]1C(=O)O. The molecule has 3 heterocycles. The van der Waals surface area contributed by atoms with Crippen molar-refractivity contribution in [3.8, 4) is 0 Å². The first kappa shape index (κ1) is 18.2. The molecule has 2 aliphatic heterocycles. The van der Waals surface area contributed by atoms with Gasteiger partial charge in [0, 0.05) is 44.2 Å². The molecule has 1 aromatic heterocycles. The summed E-state index contributed by atoms with van der Waals surface area (Å²) < 4.78 is 5.47. The quantitative estimate of drug-likeness (QED) is 0.875. The number of piperidine rings is 1. The van der Waals surface area contributed by atoms with E-state index in [0.717, 1.165) is 18.5 Å². The first-order chi connectivity index (χ1) is 12.5. The van der Waals surface area contributed by atoms with Gasteiger partial charge in [-0.3, -0.25) is 9.78 Å². The fourth-order valence-corrected chi connectivity index (χ4v) is 3.66. The van der Waals surface area contributed by atoms with E-state index in [9.17, 15) is 19.5 Å². The zero-order valence-electron chi connectivity index (χ0n) is 14.7. The summed E-state index contributed by atoms with van der Waals surface area (Å²) >= 11 is 0. The van der Waals surface area contributed by atoms with Crippen LogP contribution in [0.3, 0.4) is 0 Å². The molecule has 0 aliphatic carbocycles. The number of carboxylic acid groups (broad SMARTS) is 1. The third kappa shape index (κ3) is 3.95. The highest BCUT2D eigenvalue weighted by Gasteiger charge is 2.40. The van der Waals surface area contributed by atoms with E-state index >= 15 is 0 Å². The number of hydrogen-bond acceptors (Lipinski definition) is 5. The van der Waals surface area contributed by atoms with Gasteiger partial charge < -0.3 is 19.6 Å². The molecule has 2 saturated heterocycles. The van der Waals surface area contributed by atoms with Gasteiger partial charge in [0.1, 0.15) is 12.1 Å².